The number of benzene rings is 1. The monoisotopic (exact) mass is 332 g/mol. The zero-order valence-electron chi connectivity index (χ0n) is 13.0. The number of ether oxygens (including phenoxy) is 1. The van der Waals surface area contributed by atoms with Crippen molar-refractivity contribution in [1.82, 2.24) is 0 Å². The Labute approximate surface area is 137 Å². The molecule has 0 aliphatic rings. The van der Waals surface area contributed by atoms with Gasteiger partial charge in [-0.1, -0.05) is 0 Å². The molecule has 0 fully saturated rings. The Morgan fingerprint density at radius 2 is 1.81 bits per heavy atom. The van der Waals surface area contributed by atoms with Crippen molar-refractivity contribution in [2.75, 3.05) is 36.4 Å². The van der Waals surface area contributed by atoms with E-state index < -0.39 is 5.60 Å². The van der Waals surface area contributed by atoms with Gasteiger partial charge in [0.1, 0.15) is 11.4 Å². The molecule has 0 unspecified atom stereocenters. The molecular formula is C16H24Cl2NO2. The quantitative estimate of drug-likeness (QED) is 0.637. The van der Waals surface area contributed by atoms with Crippen molar-refractivity contribution in [3.05, 3.63) is 23.8 Å². The van der Waals surface area contributed by atoms with Gasteiger partial charge in [-0.3, -0.25) is 0 Å². The van der Waals surface area contributed by atoms with Crippen LogP contribution in [0.15, 0.2) is 18.2 Å². The van der Waals surface area contributed by atoms with Gasteiger partial charge in [-0.15, -0.1) is 23.2 Å². The van der Waals surface area contributed by atoms with Gasteiger partial charge < -0.3 is 9.64 Å². The van der Waals surface area contributed by atoms with Gasteiger partial charge in [0.15, 0.2) is 0 Å². The van der Waals surface area contributed by atoms with Gasteiger partial charge in [-0.2, -0.15) is 0 Å². The third kappa shape index (κ3) is 6.33. The Balaban J connectivity index is 3.08. The standard InChI is InChI=1S/C16H24Cl2NO2/c1-4-21-15-6-5-14(19(9-7-17)10-8-18)11-13(15)12-16(2,3)20/h5-6,11H,4,7-10,12H2,1-3H3. The minimum absolute atomic E-state index is 0.422. The smallest absolute Gasteiger partial charge is 0.122 e. The Morgan fingerprint density at radius 1 is 1.19 bits per heavy atom. The van der Waals surface area contributed by atoms with E-state index in [0.717, 1.165) is 30.1 Å². The molecule has 0 heterocycles. The normalized spacial score (nSPS) is 11.5. The van der Waals surface area contributed by atoms with Crippen LogP contribution < -0.4 is 9.64 Å². The van der Waals surface area contributed by atoms with Crippen molar-refractivity contribution in [3.8, 4) is 5.75 Å². The summed E-state index contributed by atoms with van der Waals surface area (Å²) < 4.78 is 5.63. The summed E-state index contributed by atoms with van der Waals surface area (Å²) in [6.07, 6.45) is 0.422. The molecule has 1 radical (unpaired) electrons. The summed E-state index contributed by atoms with van der Waals surface area (Å²) in [5.41, 5.74) is 0.927. The van der Waals surface area contributed by atoms with Crippen LogP contribution in [-0.2, 0) is 11.5 Å². The number of nitrogens with zero attached hydrogens (tertiary/aromatic N) is 1. The van der Waals surface area contributed by atoms with Crippen LogP contribution in [0.5, 0.6) is 5.75 Å². The molecule has 21 heavy (non-hydrogen) atoms. The molecule has 0 aliphatic carbocycles. The first-order valence-electron chi connectivity index (χ1n) is 7.24. The van der Waals surface area contributed by atoms with Gasteiger partial charge >= 0.3 is 0 Å². The maximum atomic E-state index is 12.1. The van der Waals surface area contributed by atoms with Crippen LogP contribution >= 0.6 is 23.2 Å². The SMILES string of the molecule is CCOc1ccc(N(CCCl)CCCl)cc1CC(C)(C)[O]. The van der Waals surface area contributed by atoms with Crippen LogP contribution in [0.25, 0.3) is 0 Å². The zero-order valence-corrected chi connectivity index (χ0v) is 14.5. The molecule has 0 aromatic heterocycles. The van der Waals surface area contributed by atoms with E-state index in [0.29, 0.717) is 24.8 Å². The molecule has 0 bridgehead atoms. The summed E-state index contributed by atoms with van der Waals surface area (Å²) in [6, 6.07) is 5.94. The second kappa shape index (κ2) is 8.72. The lowest BCUT2D eigenvalue weighted by Crippen LogP contribution is -2.28. The van der Waals surface area contributed by atoms with Gasteiger partial charge in [-0.25, -0.2) is 5.11 Å². The molecule has 119 valence electrons. The minimum atomic E-state index is -1.03. The molecule has 0 spiro atoms. The van der Waals surface area contributed by atoms with Crippen molar-refractivity contribution in [3.63, 3.8) is 0 Å². The van der Waals surface area contributed by atoms with Crippen molar-refractivity contribution >= 4 is 28.9 Å². The maximum Gasteiger partial charge on any atom is 0.122 e. The fraction of sp³-hybridized carbons (Fsp3) is 0.625. The van der Waals surface area contributed by atoms with Crippen LogP contribution in [0.2, 0.25) is 0 Å². The highest BCUT2D eigenvalue weighted by Crippen LogP contribution is 2.28. The van der Waals surface area contributed by atoms with E-state index in [1.54, 1.807) is 13.8 Å². The van der Waals surface area contributed by atoms with E-state index >= 15 is 0 Å². The summed E-state index contributed by atoms with van der Waals surface area (Å²) in [5, 5.41) is 12.1. The predicted molar refractivity (Wildman–Crippen MR) is 89.7 cm³/mol. The summed E-state index contributed by atoms with van der Waals surface area (Å²) in [4.78, 5) is 2.12. The van der Waals surface area contributed by atoms with E-state index in [1.807, 2.05) is 25.1 Å². The number of halogens is 2. The van der Waals surface area contributed by atoms with Crippen molar-refractivity contribution in [2.24, 2.45) is 0 Å². The average molecular weight is 333 g/mol. The summed E-state index contributed by atoms with van der Waals surface area (Å²) >= 11 is 11.7. The summed E-state index contributed by atoms with van der Waals surface area (Å²) in [7, 11) is 0. The van der Waals surface area contributed by atoms with Gasteiger partial charge in [-0.05, 0) is 44.5 Å². The first-order valence-corrected chi connectivity index (χ1v) is 8.31. The highest BCUT2D eigenvalue weighted by Gasteiger charge is 2.20. The molecule has 0 saturated heterocycles. The molecule has 5 heteroatoms. The second-order valence-corrected chi connectivity index (χ2v) is 6.28. The second-order valence-electron chi connectivity index (χ2n) is 5.53. The van der Waals surface area contributed by atoms with Gasteiger partial charge in [0, 0.05) is 37.0 Å². The van der Waals surface area contributed by atoms with E-state index in [2.05, 4.69) is 4.90 Å². The van der Waals surface area contributed by atoms with Gasteiger partial charge in [0.25, 0.3) is 0 Å². The number of hydrogen-bond donors (Lipinski definition) is 0. The van der Waals surface area contributed by atoms with Crippen LogP contribution in [0, 0.1) is 0 Å². The number of anilines is 1. The minimum Gasteiger partial charge on any atom is -0.494 e. The molecule has 0 amide bonds. The largest absolute Gasteiger partial charge is 0.494 e. The molecule has 0 saturated carbocycles. The first-order chi connectivity index (χ1) is 9.91. The fourth-order valence-corrected chi connectivity index (χ4v) is 2.64. The Bertz CT molecular complexity index is 427. The molecule has 0 aliphatic heterocycles. The molecule has 1 rings (SSSR count). The molecule has 0 N–H and O–H groups in total. The van der Waals surface area contributed by atoms with Crippen LogP contribution in [-0.4, -0.2) is 37.1 Å². The number of alkyl halides is 2. The molecular weight excluding hydrogens is 309 g/mol. The number of rotatable bonds is 9. The van der Waals surface area contributed by atoms with E-state index in [-0.39, 0.29) is 0 Å². The molecule has 3 nitrogen and oxygen atoms in total. The zero-order chi connectivity index (χ0) is 15.9. The molecule has 0 atom stereocenters. The van der Waals surface area contributed by atoms with Gasteiger partial charge in [0.05, 0.1) is 6.61 Å². The van der Waals surface area contributed by atoms with E-state index in [4.69, 9.17) is 27.9 Å². The maximum absolute atomic E-state index is 12.1. The average Bonchev–Trinajstić information content (AvgIpc) is 2.39. The van der Waals surface area contributed by atoms with Crippen LogP contribution in [0.1, 0.15) is 26.3 Å². The van der Waals surface area contributed by atoms with Crippen LogP contribution in [0.4, 0.5) is 5.69 Å². The van der Waals surface area contributed by atoms with Crippen molar-refractivity contribution in [1.29, 1.82) is 0 Å². The van der Waals surface area contributed by atoms with E-state index in [1.165, 1.54) is 0 Å². The Hall–Kier alpha value is -0.640. The summed E-state index contributed by atoms with van der Waals surface area (Å²) in [6.45, 7) is 7.34. The third-order valence-electron chi connectivity index (χ3n) is 3.03. The Morgan fingerprint density at radius 3 is 2.29 bits per heavy atom. The first kappa shape index (κ1) is 18.4. The lowest BCUT2D eigenvalue weighted by Gasteiger charge is -2.25. The highest BCUT2D eigenvalue weighted by molar-refractivity contribution is 6.18. The van der Waals surface area contributed by atoms with E-state index in [9.17, 15) is 5.11 Å². The topological polar surface area (TPSA) is 32.4 Å². The lowest BCUT2D eigenvalue weighted by molar-refractivity contribution is 0.00428. The molecule has 1 aromatic rings. The summed E-state index contributed by atoms with van der Waals surface area (Å²) in [5.74, 6) is 1.85. The third-order valence-corrected chi connectivity index (χ3v) is 3.37. The number of hydrogen-bond acceptors (Lipinski definition) is 2. The lowest BCUT2D eigenvalue weighted by atomic mass is 9.97. The van der Waals surface area contributed by atoms with Crippen LogP contribution in [0.3, 0.4) is 0 Å². The van der Waals surface area contributed by atoms with Crippen molar-refractivity contribution < 1.29 is 9.84 Å². The predicted octanol–water partition coefficient (Wildman–Crippen LogP) is 4.12. The van der Waals surface area contributed by atoms with Crippen molar-refractivity contribution in [2.45, 2.75) is 32.8 Å². The van der Waals surface area contributed by atoms with Gasteiger partial charge in [0.2, 0.25) is 0 Å². The fourth-order valence-electron chi connectivity index (χ4n) is 2.23. The Kier molecular flexibility index (Phi) is 7.64. The molecule has 1 aromatic carbocycles. The highest BCUT2D eigenvalue weighted by atomic mass is 35.5.